The first kappa shape index (κ1) is 34.2. The van der Waals surface area contributed by atoms with E-state index in [0.29, 0.717) is 0 Å². The van der Waals surface area contributed by atoms with Crippen molar-refractivity contribution in [1.29, 1.82) is 0 Å². The van der Waals surface area contributed by atoms with Gasteiger partial charge < -0.3 is 40.9 Å². The number of phenols is 2. The van der Waals surface area contributed by atoms with Crippen molar-refractivity contribution >= 4 is 0 Å². The summed E-state index contributed by atoms with van der Waals surface area (Å²) < 4.78 is 0. The van der Waals surface area contributed by atoms with Gasteiger partial charge >= 0.3 is 0 Å². The Labute approximate surface area is 219 Å². The van der Waals surface area contributed by atoms with Gasteiger partial charge in [0, 0.05) is 34.1 Å². The first-order chi connectivity index (χ1) is 15.2. The van der Waals surface area contributed by atoms with E-state index in [1.54, 1.807) is 85.0 Å². The average Bonchev–Trinajstić information content (AvgIpc) is 2.78. The number of aromatic hydroxyl groups is 2. The summed E-state index contributed by atoms with van der Waals surface area (Å²) in [6, 6.07) is 6.15. The van der Waals surface area contributed by atoms with E-state index in [2.05, 4.69) is 0 Å². The van der Waals surface area contributed by atoms with E-state index in [-0.39, 0.29) is 45.6 Å². The Hall–Kier alpha value is -1.94. The van der Waals surface area contributed by atoms with Crippen LogP contribution in [0, 0.1) is 0 Å². The molecule has 3 aliphatic rings. The van der Waals surface area contributed by atoms with Gasteiger partial charge in [-0.25, -0.2) is 0 Å². The topological polar surface area (TPSA) is 162 Å². The van der Waals surface area contributed by atoms with Crippen LogP contribution in [0.15, 0.2) is 97.2 Å². The van der Waals surface area contributed by atoms with E-state index in [1.807, 2.05) is 0 Å². The molecule has 0 spiro atoms. The Balaban J connectivity index is 0. The fraction of sp³-hybridized carbons (Fsp3) is 0.250. The Bertz CT molecular complexity index is 706. The Morgan fingerprint density at radius 1 is 0.382 bits per heavy atom. The zero-order valence-electron chi connectivity index (χ0n) is 18.0. The minimum absolute atomic E-state index is 0. The second kappa shape index (κ2) is 19.4. The fourth-order valence-electron chi connectivity index (χ4n) is 2.22. The van der Waals surface area contributed by atoms with Crippen LogP contribution in [0.5, 0.6) is 11.5 Å². The number of aliphatic hydroxyl groups is 6. The van der Waals surface area contributed by atoms with Gasteiger partial charge in [0.05, 0.1) is 0 Å². The number of aliphatic hydroxyl groups excluding tert-OH is 6. The van der Waals surface area contributed by atoms with Crippen LogP contribution in [0.1, 0.15) is 0 Å². The molecule has 0 heterocycles. The van der Waals surface area contributed by atoms with Crippen LogP contribution in [0.25, 0.3) is 0 Å². The second-order valence-corrected chi connectivity index (χ2v) is 6.74. The largest absolute Gasteiger partial charge is 0.504 e. The molecule has 0 saturated heterocycles. The SMILES string of the molecule is OC1C=CC=C[C@@H]1O.OC1C=CC=C[C@@H]1O.OC1C=CC=C[C@@H]1O.Oc1ccccc1O.[Fe].[Fe]. The molecule has 1 aromatic rings. The molecule has 4 rings (SSSR count). The van der Waals surface area contributed by atoms with Crippen LogP contribution in [-0.2, 0) is 34.1 Å². The van der Waals surface area contributed by atoms with Crippen molar-refractivity contribution in [2.75, 3.05) is 0 Å². The molecular weight excluding hydrogens is 528 g/mol. The molecule has 0 aliphatic heterocycles. The molecular formula is C24H30Fe2O8. The number of hydrogen-bond acceptors (Lipinski definition) is 8. The van der Waals surface area contributed by atoms with E-state index in [0.717, 1.165) is 0 Å². The number of benzene rings is 1. The Morgan fingerprint density at radius 2 is 0.559 bits per heavy atom. The van der Waals surface area contributed by atoms with Gasteiger partial charge in [0.25, 0.3) is 0 Å². The molecule has 0 fully saturated rings. The van der Waals surface area contributed by atoms with Gasteiger partial charge in [-0.15, -0.1) is 0 Å². The van der Waals surface area contributed by atoms with Crippen LogP contribution in [0.3, 0.4) is 0 Å². The van der Waals surface area contributed by atoms with Crippen LogP contribution in [-0.4, -0.2) is 77.5 Å². The van der Waals surface area contributed by atoms with Gasteiger partial charge in [-0.05, 0) is 12.1 Å². The standard InChI is InChI=1S/3C6H8O2.C6H6O2.2Fe/c4*7-5-3-1-2-4-6(5)8;;/h3*1-8H;1-4,7-8H;;/t3*5-,6?;;;/m000.../s1. The first-order valence-corrected chi connectivity index (χ1v) is 9.82. The molecule has 0 amide bonds. The maximum atomic E-state index is 8.79. The van der Waals surface area contributed by atoms with Gasteiger partial charge in [-0.1, -0.05) is 85.0 Å². The summed E-state index contributed by atoms with van der Waals surface area (Å²) in [4.78, 5) is 0. The third-order valence-corrected chi connectivity index (χ3v) is 4.11. The Morgan fingerprint density at radius 3 is 0.676 bits per heavy atom. The smallest absolute Gasteiger partial charge is 0.157 e. The summed E-state index contributed by atoms with van der Waals surface area (Å²) in [6.07, 6.45) is 15.3. The van der Waals surface area contributed by atoms with Gasteiger partial charge in [0.15, 0.2) is 11.5 Å². The molecule has 1 aromatic carbocycles. The number of hydrogen-bond donors (Lipinski definition) is 8. The first-order valence-electron chi connectivity index (χ1n) is 9.82. The summed E-state index contributed by atoms with van der Waals surface area (Å²) >= 11 is 0. The van der Waals surface area contributed by atoms with Crippen LogP contribution in [0.4, 0.5) is 0 Å². The van der Waals surface area contributed by atoms with Crippen molar-refractivity contribution in [3.05, 3.63) is 97.2 Å². The van der Waals surface area contributed by atoms with E-state index in [1.165, 1.54) is 12.1 Å². The molecule has 3 aliphatic carbocycles. The zero-order valence-corrected chi connectivity index (χ0v) is 20.2. The zero-order chi connectivity index (χ0) is 23.9. The third-order valence-electron chi connectivity index (χ3n) is 4.11. The average molecular weight is 558 g/mol. The number of phenolic OH excluding ortho intramolecular Hbond substituents is 2. The minimum Gasteiger partial charge on any atom is -0.504 e. The summed E-state index contributed by atoms with van der Waals surface area (Å²) in [6.45, 7) is 0. The van der Waals surface area contributed by atoms with E-state index < -0.39 is 36.6 Å². The van der Waals surface area contributed by atoms with E-state index >= 15 is 0 Å². The van der Waals surface area contributed by atoms with E-state index in [4.69, 9.17) is 40.9 Å². The normalized spacial score (nSPS) is 27.4. The number of para-hydroxylation sites is 2. The van der Waals surface area contributed by atoms with Crippen LogP contribution >= 0.6 is 0 Å². The summed E-state index contributed by atoms with van der Waals surface area (Å²) in [5.74, 6) is -0.153. The van der Waals surface area contributed by atoms with Gasteiger partial charge in [-0.3, -0.25) is 0 Å². The predicted molar refractivity (Wildman–Crippen MR) is 121 cm³/mol. The van der Waals surface area contributed by atoms with Crippen molar-refractivity contribution in [2.24, 2.45) is 0 Å². The van der Waals surface area contributed by atoms with Crippen molar-refractivity contribution < 1.29 is 75.0 Å². The van der Waals surface area contributed by atoms with Gasteiger partial charge in [0.2, 0.25) is 0 Å². The Kier molecular flexibility index (Phi) is 19.5. The molecule has 0 aromatic heterocycles. The maximum absolute atomic E-state index is 8.79. The van der Waals surface area contributed by atoms with E-state index in [9.17, 15) is 0 Å². The monoisotopic (exact) mass is 558 g/mol. The summed E-state index contributed by atoms with van der Waals surface area (Å²) in [5, 5.41) is 70.1. The van der Waals surface area contributed by atoms with Crippen molar-refractivity contribution in [3.63, 3.8) is 0 Å². The molecule has 8 nitrogen and oxygen atoms in total. The molecule has 0 bridgehead atoms. The van der Waals surface area contributed by atoms with Crippen LogP contribution in [0.2, 0.25) is 0 Å². The predicted octanol–water partition coefficient (Wildman–Crippen LogP) is 0.595. The molecule has 0 radical (unpaired) electrons. The molecule has 34 heavy (non-hydrogen) atoms. The van der Waals surface area contributed by atoms with Crippen molar-refractivity contribution in [2.45, 2.75) is 36.6 Å². The molecule has 0 saturated carbocycles. The number of rotatable bonds is 0. The summed E-state index contributed by atoms with van der Waals surface area (Å²) in [5.41, 5.74) is 0. The van der Waals surface area contributed by atoms with Gasteiger partial charge in [-0.2, -0.15) is 0 Å². The van der Waals surface area contributed by atoms with Crippen molar-refractivity contribution in [3.8, 4) is 11.5 Å². The number of allylic oxidation sites excluding steroid dienone is 6. The molecule has 3 unspecified atom stereocenters. The molecule has 6 atom stereocenters. The third kappa shape index (κ3) is 14.3. The maximum Gasteiger partial charge on any atom is 0.157 e. The summed E-state index contributed by atoms with van der Waals surface area (Å²) in [7, 11) is 0. The minimum atomic E-state index is -0.708. The van der Waals surface area contributed by atoms with Crippen molar-refractivity contribution in [1.82, 2.24) is 0 Å². The van der Waals surface area contributed by atoms with Gasteiger partial charge in [0.1, 0.15) is 36.6 Å². The molecule has 8 N–H and O–H groups in total. The second-order valence-electron chi connectivity index (χ2n) is 6.74. The fourth-order valence-corrected chi connectivity index (χ4v) is 2.22. The van der Waals surface area contributed by atoms with Crippen LogP contribution < -0.4 is 0 Å². The quantitative estimate of drug-likeness (QED) is 0.170. The molecule has 190 valence electrons. The molecule has 10 heteroatoms.